The van der Waals surface area contributed by atoms with E-state index in [0.717, 1.165) is 17.7 Å². The average Bonchev–Trinajstić information content (AvgIpc) is 3.19. The van der Waals surface area contributed by atoms with Gasteiger partial charge in [0.2, 0.25) is 5.91 Å². The van der Waals surface area contributed by atoms with Crippen LogP contribution in [0.1, 0.15) is 53.0 Å². The lowest BCUT2D eigenvalue weighted by molar-refractivity contribution is -0.131. The standard InChI is InChI=1S/C32H37FN4O3/c1-23(2)20-30(38)37-17-7-16-36(18-19-37)29-15-14-27(34-31(39)25-10-12-26(33)13-11-25)21-28(29)32(40)35(3)22-24-8-5-4-6-9-24/h4-6,8-15,21,23H,7,16-20,22H2,1-3H3,(H,34,39). The Bertz CT molecular complexity index is 1330. The smallest absolute Gasteiger partial charge is 0.256 e. The molecule has 40 heavy (non-hydrogen) atoms. The lowest BCUT2D eigenvalue weighted by Gasteiger charge is -2.28. The summed E-state index contributed by atoms with van der Waals surface area (Å²) in [5.41, 5.74) is 3.03. The maximum Gasteiger partial charge on any atom is 0.256 e. The molecule has 7 nitrogen and oxygen atoms in total. The molecule has 1 fully saturated rings. The SMILES string of the molecule is CC(C)CC(=O)N1CCCN(c2ccc(NC(=O)c3ccc(F)cc3)cc2C(=O)N(C)Cc2ccccc2)CC1. The zero-order chi connectivity index (χ0) is 28.6. The van der Waals surface area contributed by atoms with Gasteiger partial charge in [0.05, 0.1) is 5.56 Å². The number of carbonyl (C=O) groups excluding carboxylic acids is 3. The molecule has 0 bridgehead atoms. The summed E-state index contributed by atoms with van der Waals surface area (Å²) in [4.78, 5) is 45.1. The second-order valence-corrected chi connectivity index (χ2v) is 10.7. The van der Waals surface area contributed by atoms with Gasteiger partial charge in [-0.15, -0.1) is 0 Å². The van der Waals surface area contributed by atoms with Crippen LogP contribution in [0.25, 0.3) is 0 Å². The molecule has 0 radical (unpaired) electrons. The van der Waals surface area contributed by atoms with Crippen molar-refractivity contribution in [2.75, 3.05) is 43.4 Å². The van der Waals surface area contributed by atoms with E-state index in [1.54, 1.807) is 24.1 Å². The Hall–Kier alpha value is -4.20. The maximum absolute atomic E-state index is 13.8. The topological polar surface area (TPSA) is 73.0 Å². The molecule has 1 aliphatic heterocycles. The van der Waals surface area contributed by atoms with Crippen LogP contribution in [0.3, 0.4) is 0 Å². The van der Waals surface area contributed by atoms with E-state index < -0.39 is 11.7 Å². The number of hydrogen-bond donors (Lipinski definition) is 1. The zero-order valence-electron chi connectivity index (χ0n) is 23.4. The molecule has 210 valence electrons. The molecule has 3 aromatic carbocycles. The number of hydrogen-bond acceptors (Lipinski definition) is 4. The van der Waals surface area contributed by atoms with Crippen LogP contribution in [0, 0.1) is 11.7 Å². The van der Waals surface area contributed by atoms with Crippen molar-refractivity contribution in [2.45, 2.75) is 33.2 Å². The van der Waals surface area contributed by atoms with Crippen molar-refractivity contribution in [1.29, 1.82) is 0 Å². The van der Waals surface area contributed by atoms with Crippen LogP contribution in [0.4, 0.5) is 15.8 Å². The first-order valence-corrected chi connectivity index (χ1v) is 13.7. The number of nitrogens with one attached hydrogen (secondary N) is 1. The predicted octanol–water partition coefficient (Wildman–Crippen LogP) is 5.44. The van der Waals surface area contributed by atoms with Crippen LogP contribution < -0.4 is 10.2 Å². The Labute approximate surface area is 235 Å². The largest absolute Gasteiger partial charge is 0.369 e. The summed E-state index contributed by atoms with van der Waals surface area (Å²) in [6, 6.07) is 20.4. The Morgan fingerprint density at radius 3 is 2.35 bits per heavy atom. The van der Waals surface area contributed by atoms with E-state index in [2.05, 4.69) is 10.2 Å². The van der Waals surface area contributed by atoms with Crippen LogP contribution in [-0.4, -0.2) is 60.7 Å². The summed E-state index contributed by atoms with van der Waals surface area (Å²) in [6.07, 6.45) is 1.32. The Kier molecular flexibility index (Phi) is 9.53. The highest BCUT2D eigenvalue weighted by molar-refractivity contribution is 6.06. The minimum atomic E-state index is -0.419. The maximum atomic E-state index is 13.8. The van der Waals surface area contributed by atoms with Gasteiger partial charge in [0, 0.05) is 63.1 Å². The highest BCUT2D eigenvalue weighted by Crippen LogP contribution is 2.28. The van der Waals surface area contributed by atoms with Gasteiger partial charge in [-0.1, -0.05) is 44.2 Å². The predicted molar refractivity (Wildman–Crippen MR) is 156 cm³/mol. The van der Waals surface area contributed by atoms with Crippen LogP contribution >= 0.6 is 0 Å². The summed E-state index contributed by atoms with van der Waals surface area (Å²) in [5, 5.41) is 2.84. The molecule has 0 spiro atoms. The van der Waals surface area contributed by atoms with E-state index in [-0.39, 0.29) is 11.8 Å². The molecule has 0 aromatic heterocycles. The molecule has 8 heteroatoms. The number of halogens is 1. The van der Waals surface area contributed by atoms with Crippen molar-refractivity contribution >= 4 is 29.1 Å². The fraction of sp³-hybridized carbons (Fsp3) is 0.344. The van der Waals surface area contributed by atoms with Crippen LogP contribution in [0.5, 0.6) is 0 Å². The van der Waals surface area contributed by atoms with Gasteiger partial charge < -0.3 is 20.0 Å². The summed E-state index contributed by atoms with van der Waals surface area (Å²) < 4.78 is 13.3. The van der Waals surface area contributed by atoms with Gasteiger partial charge in [-0.2, -0.15) is 0 Å². The van der Waals surface area contributed by atoms with Crippen LogP contribution in [0.2, 0.25) is 0 Å². The van der Waals surface area contributed by atoms with Gasteiger partial charge in [0.15, 0.2) is 0 Å². The fourth-order valence-corrected chi connectivity index (χ4v) is 4.89. The molecule has 0 unspecified atom stereocenters. The van der Waals surface area contributed by atoms with Gasteiger partial charge in [-0.3, -0.25) is 14.4 Å². The Morgan fingerprint density at radius 1 is 0.925 bits per heavy atom. The third kappa shape index (κ3) is 7.46. The van der Waals surface area contributed by atoms with Crippen LogP contribution in [-0.2, 0) is 11.3 Å². The molecule has 1 saturated heterocycles. The summed E-state index contributed by atoms with van der Waals surface area (Å²) >= 11 is 0. The molecule has 4 rings (SSSR count). The van der Waals surface area contributed by atoms with Gasteiger partial charge in [-0.05, 0) is 60.4 Å². The molecule has 1 N–H and O–H groups in total. The normalized spacial score (nSPS) is 13.6. The lowest BCUT2D eigenvalue weighted by Crippen LogP contribution is -2.36. The third-order valence-electron chi connectivity index (χ3n) is 6.97. The number of anilines is 2. The molecular formula is C32H37FN4O3. The van der Waals surface area contributed by atoms with Crippen molar-refractivity contribution < 1.29 is 18.8 Å². The first kappa shape index (κ1) is 28.8. The van der Waals surface area contributed by atoms with Gasteiger partial charge in [0.1, 0.15) is 5.82 Å². The second-order valence-electron chi connectivity index (χ2n) is 10.7. The first-order valence-electron chi connectivity index (χ1n) is 13.7. The molecule has 3 aromatic rings. The van der Waals surface area contributed by atoms with E-state index in [4.69, 9.17) is 0 Å². The number of nitrogens with zero attached hydrogens (tertiary/aromatic N) is 3. The highest BCUT2D eigenvalue weighted by Gasteiger charge is 2.25. The first-order chi connectivity index (χ1) is 19.2. The molecule has 0 saturated carbocycles. The van der Waals surface area contributed by atoms with E-state index in [9.17, 15) is 18.8 Å². The van der Waals surface area contributed by atoms with E-state index in [1.165, 1.54) is 24.3 Å². The highest BCUT2D eigenvalue weighted by atomic mass is 19.1. The minimum Gasteiger partial charge on any atom is -0.369 e. The molecule has 3 amide bonds. The molecular weight excluding hydrogens is 507 g/mol. The van der Waals surface area contributed by atoms with Crippen LogP contribution in [0.15, 0.2) is 72.8 Å². The van der Waals surface area contributed by atoms with Crippen molar-refractivity contribution in [1.82, 2.24) is 9.80 Å². The summed E-state index contributed by atoms with van der Waals surface area (Å²) in [5.74, 6) is -0.521. The van der Waals surface area contributed by atoms with E-state index in [1.807, 2.05) is 55.1 Å². The molecule has 1 aliphatic rings. The summed E-state index contributed by atoms with van der Waals surface area (Å²) in [7, 11) is 1.76. The van der Waals surface area contributed by atoms with Gasteiger partial charge in [-0.25, -0.2) is 4.39 Å². The van der Waals surface area contributed by atoms with Crippen molar-refractivity contribution in [3.63, 3.8) is 0 Å². The van der Waals surface area contributed by atoms with E-state index in [0.29, 0.717) is 61.9 Å². The minimum absolute atomic E-state index is 0.162. The summed E-state index contributed by atoms with van der Waals surface area (Å²) in [6.45, 7) is 7.10. The third-order valence-corrected chi connectivity index (χ3v) is 6.97. The van der Waals surface area contributed by atoms with Gasteiger partial charge >= 0.3 is 0 Å². The van der Waals surface area contributed by atoms with E-state index >= 15 is 0 Å². The van der Waals surface area contributed by atoms with Crippen molar-refractivity contribution in [3.8, 4) is 0 Å². The number of carbonyl (C=O) groups is 3. The lowest BCUT2D eigenvalue weighted by atomic mass is 10.1. The van der Waals surface area contributed by atoms with Crippen molar-refractivity contribution in [3.05, 3.63) is 95.3 Å². The number of rotatable bonds is 8. The number of amides is 3. The fourth-order valence-electron chi connectivity index (χ4n) is 4.89. The Morgan fingerprint density at radius 2 is 1.65 bits per heavy atom. The molecule has 0 atom stereocenters. The Balaban J connectivity index is 1.59. The molecule has 0 aliphatic carbocycles. The molecule has 1 heterocycles. The second kappa shape index (κ2) is 13.2. The monoisotopic (exact) mass is 544 g/mol. The van der Waals surface area contributed by atoms with Gasteiger partial charge in [0.25, 0.3) is 11.8 Å². The van der Waals surface area contributed by atoms with Crippen molar-refractivity contribution in [2.24, 2.45) is 5.92 Å². The number of benzene rings is 3. The zero-order valence-corrected chi connectivity index (χ0v) is 23.4. The average molecular weight is 545 g/mol. The quantitative estimate of drug-likeness (QED) is 0.410.